The lowest BCUT2D eigenvalue weighted by atomic mass is 9.88. The number of aromatic amines is 1. The van der Waals surface area contributed by atoms with Crippen LogP contribution >= 0.6 is 0 Å². The quantitative estimate of drug-likeness (QED) is 0.792. The average molecular weight is 307 g/mol. The molecule has 1 aromatic carbocycles. The molecule has 2 aromatic rings. The Morgan fingerprint density at radius 1 is 1.38 bits per heavy atom. The van der Waals surface area contributed by atoms with Crippen LogP contribution < -0.4 is 4.72 Å². The van der Waals surface area contributed by atoms with Crippen molar-refractivity contribution in [3.05, 3.63) is 47.2 Å². The van der Waals surface area contributed by atoms with Gasteiger partial charge in [0.25, 0.3) is 10.0 Å². The summed E-state index contributed by atoms with van der Waals surface area (Å²) in [5, 5.41) is 15.3. The number of aryl methyl sites for hydroxylation is 1. The molecule has 0 saturated carbocycles. The molecule has 1 aliphatic rings. The first-order valence-corrected chi connectivity index (χ1v) is 8.33. The average Bonchev–Trinajstić information content (AvgIpc) is 2.97. The fraction of sp³-hybridized carbons (Fsp3) is 0.357. The Kier molecular flexibility index (Phi) is 3.79. The SMILES string of the molecule is O=S(=O)(NC1CCCc2ccccc21)c1[nH]ncc1CO. The molecular formula is C14H17N3O3S. The molecular weight excluding hydrogens is 290 g/mol. The lowest BCUT2D eigenvalue weighted by Gasteiger charge is -2.26. The Labute approximate surface area is 123 Å². The van der Waals surface area contributed by atoms with E-state index in [1.165, 1.54) is 11.8 Å². The summed E-state index contributed by atoms with van der Waals surface area (Å²) >= 11 is 0. The minimum absolute atomic E-state index is 0.0620. The van der Waals surface area contributed by atoms with Gasteiger partial charge in [-0.25, -0.2) is 13.1 Å². The summed E-state index contributed by atoms with van der Waals surface area (Å²) in [7, 11) is -3.73. The highest BCUT2D eigenvalue weighted by molar-refractivity contribution is 7.89. The zero-order valence-electron chi connectivity index (χ0n) is 11.4. The van der Waals surface area contributed by atoms with E-state index in [0.29, 0.717) is 0 Å². The summed E-state index contributed by atoms with van der Waals surface area (Å²) in [4.78, 5) is 0. The highest BCUT2D eigenvalue weighted by Crippen LogP contribution is 2.30. The van der Waals surface area contributed by atoms with Crippen LogP contribution in [0.5, 0.6) is 0 Å². The molecule has 0 aliphatic heterocycles. The van der Waals surface area contributed by atoms with E-state index in [-0.39, 0.29) is 23.2 Å². The number of hydrogen-bond acceptors (Lipinski definition) is 4. The van der Waals surface area contributed by atoms with Gasteiger partial charge < -0.3 is 5.11 Å². The molecule has 7 heteroatoms. The zero-order valence-corrected chi connectivity index (χ0v) is 12.2. The molecule has 0 saturated heterocycles. The largest absolute Gasteiger partial charge is 0.392 e. The van der Waals surface area contributed by atoms with Crippen LogP contribution in [0.15, 0.2) is 35.5 Å². The second kappa shape index (κ2) is 5.59. The first-order valence-electron chi connectivity index (χ1n) is 6.85. The van der Waals surface area contributed by atoms with Crippen LogP contribution in [-0.2, 0) is 23.1 Å². The number of benzene rings is 1. The second-order valence-corrected chi connectivity index (χ2v) is 6.80. The third-order valence-electron chi connectivity index (χ3n) is 3.78. The Morgan fingerprint density at radius 2 is 2.19 bits per heavy atom. The van der Waals surface area contributed by atoms with Gasteiger partial charge in [-0.3, -0.25) is 5.10 Å². The first kappa shape index (κ1) is 14.2. The van der Waals surface area contributed by atoms with Gasteiger partial charge in [-0.2, -0.15) is 5.10 Å². The molecule has 0 amide bonds. The Bertz CT molecular complexity index is 739. The molecule has 1 unspecified atom stereocenters. The van der Waals surface area contributed by atoms with Gasteiger partial charge in [0, 0.05) is 11.6 Å². The first-order chi connectivity index (χ1) is 10.1. The van der Waals surface area contributed by atoms with Crippen LogP contribution in [0.3, 0.4) is 0 Å². The van der Waals surface area contributed by atoms with Crippen LogP contribution in [0, 0.1) is 0 Å². The van der Waals surface area contributed by atoms with Crippen LogP contribution in [-0.4, -0.2) is 23.7 Å². The van der Waals surface area contributed by atoms with Gasteiger partial charge in [0.05, 0.1) is 12.8 Å². The third kappa shape index (κ3) is 2.72. The molecule has 1 aliphatic carbocycles. The summed E-state index contributed by atoms with van der Waals surface area (Å²) in [6.45, 7) is -0.367. The summed E-state index contributed by atoms with van der Waals surface area (Å²) in [5.74, 6) is 0. The van der Waals surface area contributed by atoms with Crippen molar-refractivity contribution in [2.75, 3.05) is 0 Å². The summed E-state index contributed by atoms with van der Waals surface area (Å²) < 4.78 is 27.6. The lowest BCUT2D eigenvalue weighted by Crippen LogP contribution is -2.31. The zero-order chi connectivity index (χ0) is 14.9. The van der Waals surface area contributed by atoms with Gasteiger partial charge >= 0.3 is 0 Å². The molecule has 0 spiro atoms. The molecule has 0 radical (unpaired) electrons. The molecule has 112 valence electrons. The number of rotatable bonds is 4. The molecule has 1 atom stereocenters. The number of nitrogens with one attached hydrogen (secondary N) is 2. The maximum atomic E-state index is 12.5. The second-order valence-electron chi connectivity index (χ2n) is 5.15. The summed E-state index contributed by atoms with van der Waals surface area (Å²) in [6, 6.07) is 7.64. The van der Waals surface area contributed by atoms with Crippen molar-refractivity contribution in [1.29, 1.82) is 0 Å². The monoisotopic (exact) mass is 307 g/mol. The number of hydrogen-bond donors (Lipinski definition) is 3. The molecule has 1 heterocycles. The number of fused-ring (bicyclic) bond motifs is 1. The number of aromatic nitrogens is 2. The van der Waals surface area contributed by atoms with E-state index < -0.39 is 10.0 Å². The summed E-state index contributed by atoms with van der Waals surface area (Å²) in [5.41, 5.74) is 2.48. The molecule has 3 rings (SSSR count). The van der Waals surface area contributed by atoms with E-state index in [1.54, 1.807) is 0 Å². The van der Waals surface area contributed by atoms with E-state index >= 15 is 0 Å². The van der Waals surface area contributed by atoms with Crippen LogP contribution in [0.1, 0.15) is 35.6 Å². The van der Waals surface area contributed by atoms with E-state index in [1.807, 2.05) is 24.3 Å². The highest BCUT2D eigenvalue weighted by Gasteiger charge is 2.27. The molecule has 21 heavy (non-hydrogen) atoms. The minimum Gasteiger partial charge on any atom is -0.392 e. The van der Waals surface area contributed by atoms with E-state index in [4.69, 9.17) is 0 Å². The number of sulfonamides is 1. The Balaban J connectivity index is 1.91. The standard InChI is InChI=1S/C14H17N3O3S/c18-9-11-8-15-16-14(11)21(19,20)17-13-7-3-5-10-4-1-2-6-12(10)13/h1-2,4,6,8,13,17-18H,3,5,7,9H2,(H,15,16). The van der Waals surface area contributed by atoms with Crippen molar-refractivity contribution < 1.29 is 13.5 Å². The highest BCUT2D eigenvalue weighted by atomic mass is 32.2. The molecule has 0 bridgehead atoms. The Hall–Kier alpha value is -1.70. The molecule has 1 aromatic heterocycles. The fourth-order valence-corrected chi connectivity index (χ4v) is 4.14. The molecule has 0 fully saturated rings. The van der Waals surface area contributed by atoms with Gasteiger partial charge in [0.15, 0.2) is 5.03 Å². The Morgan fingerprint density at radius 3 is 3.00 bits per heavy atom. The predicted octanol–water partition coefficient (Wildman–Crippen LogP) is 1.26. The van der Waals surface area contributed by atoms with Gasteiger partial charge in [-0.1, -0.05) is 24.3 Å². The van der Waals surface area contributed by atoms with Gasteiger partial charge in [-0.05, 0) is 30.4 Å². The van der Waals surface area contributed by atoms with Crippen molar-refractivity contribution in [1.82, 2.24) is 14.9 Å². The smallest absolute Gasteiger partial charge is 0.258 e. The lowest BCUT2D eigenvalue weighted by molar-refractivity contribution is 0.278. The van der Waals surface area contributed by atoms with E-state index in [0.717, 1.165) is 24.8 Å². The number of nitrogens with zero attached hydrogens (tertiary/aromatic N) is 1. The van der Waals surface area contributed by atoms with Crippen molar-refractivity contribution in [2.24, 2.45) is 0 Å². The maximum Gasteiger partial charge on any atom is 0.258 e. The van der Waals surface area contributed by atoms with Gasteiger partial charge in [0.1, 0.15) is 0 Å². The molecule has 6 nitrogen and oxygen atoms in total. The van der Waals surface area contributed by atoms with E-state index in [9.17, 15) is 13.5 Å². The number of aliphatic hydroxyl groups excluding tert-OH is 1. The van der Waals surface area contributed by atoms with Crippen LogP contribution in [0.4, 0.5) is 0 Å². The van der Waals surface area contributed by atoms with Crippen LogP contribution in [0.2, 0.25) is 0 Å². The van der Waals surface area contributed by atoms with Crippen molar-refractivity contribution in [3.8, 4) is 0 Å². The van der Waals surface area contributed by atoms with Gasteiger partial charge in [-0.15, -0.1) is 0 Å². The summed E-state index contributed by atoms with van der Waals surface area (Å²) in [6.07, 6.45) is 4.00. The number of H-pyrrole nitrogens is 1. The normalized spacial score (nSPS) is 18.4. The predicted molar refractivity (Wildman–Crippen MR) is 77.0 cm³/mol. The van der Waals surface area contributed by atoms with Crippen molar-refractivity contribution >= 4 is 10.0 Å². The van der Waals surface area contributed by atoms with Crippen molar-refractivity contribution in [2.45, 2.75) is 36.9 Å². The third-order valence-corrected chi connectivity index (χ3v) is 5.27. The van der Waals surface area contributed by atoms with Crippen molar-refractivity contribution in [3.63, 3.8) is 0 Å². The maximum absolute atomic E-state index is 12.5. The molecule has 3 N–H and O–H groups in total. The topological polar surface area (TPSA) is 95.1 Å². The van der Waals surface area contributed by atoms with E-state index in [2.05, 4.69) is 14.9 Å². The van der Waals surface area contributed by atoms with Gasteiger partial charge in [0.2, 0.25) is 0 Å². The van der Waals surface area contributed by atoms with Crippen LogP contribution in [0.25, 0.3) is 0 Å². The fourth-order valence-electron chi connectivity index (χ4n) is 2.77. The number of aliphatic hydroxyl groups is 1. The minimum atomic E-state index is -3.73.